The first-order valence-corrected chi connectivity index (χ1v) is 7.61. The zero-order chi connectivity index (χ0) is 14.7. The molecule has 1 saturated heterocycles. The molecule has 1 N–H and O–H groups in total. The maximum Gasteiger partial charge on any atom is 0.310 e. The van der Waals surface area contributed by atoms with E-state index in [-0.39, 0.29) is 29.8 Å². The van der Waals surface area contributed by atoms with Crippen molar-refractivity contribution in [2.45, 2.75) is 39.2 Å². The number of hydrogen-bond donors (Lipinski definition) is 1. The average molecular weight is 282 g/mol. The van der Waals surface area contributed by atoms with Gasteiger partial charge < -0.3 is 15.0 Å². The van der Waals surface area contributed by atoms with Crippen molar-refractivity contribution in [3.8, 4) is 0 Å². The van der Waals surface area contributed by atoms with Gasteiger partial charge in [-0.2, -0.15) is 0 Å². The highest BCUT2D eigenvalue weighted by Gasteiger charge is 2.35. The number of likely N-dealkylation sites (tertiary alicyclic amines) is 1. The SMILES string of the molecule is COC(=O)C1CC(NCC2CC2)CN(C(=O)C(C)C)C1. The molecule has 0 aromatic heterocycles. The maximum atomic E-state index is 12.2. The molecule has 2 rings (SSSR count). The number of hydrogen-bond acceptors (Lipinski definition) is 4. The van der Waals surface area contributed by atoms with E-state index < -0.39 is 0 Å². The molecule has 2 fully saturated rings. The second kappa shape index (κ2) is 6.57. The van der Waals surface area contributed by atoms with Crippen LogP contribution in [0.1, 0.15) is 33.1 Å². The first kappa shape index (κ1) is 15.3. The predicted octanol–water partition coefficient (Wildman–Crippen LogP) is 1.03. The molecule has 1 heterocycles. The molecule has 0 bridgehead atoms. The van der Waals surface area contributed by atoms with Crippen molar-refractivity contribution < 1.29 is 14.3 Å². The molecule has 0 aromatic rings. The van der Waals surface area contributed by atoms with Crippen LogP contribution in [0.5, 0.6) is 0 Å². The van der Waals surface area contributed by atoms with E-state index in [0.29, 0.717) is 13.1 Å². The largest absolute Gasteiger partial charge is 0.469 e. The van der Waals surface area contributed by atoms with Crippen LogP contribution in [-0.2, 0) is 14.3 Å². The van der Waals surface area contributed by atoms with Gasteiger partial charge in [0.1, 0.15) is 0 Å². The van der Waals surface area contributed by atoms with Crippen molar-refractivity contribution in [1.82, 2.24) is 10.2 Å². The number of methoxy groups -OCH3 is 1. The van der Waals surface area contributed by atoms with E-state index in [9.17, 15) is 9.59 Å². The van der Waals surface area contributed by atoms with Crippen molar-refractivity contribution in [3.05, 3.63) is 0 Å². The summed E-state index contributed by atoms with van der Waals surface area (Å²) in [5.41, 5.74) is 0. The second-order valence-electron chi connectivity index (χ2n) is 6.40. The van der Waals surface area contributed by atoms with Crippen LogP contribution in [0.15, 0.2) is 0 Å². The number of nitrogens with one attached hydrogen (secondary N) is 1. The fraction of sp³-hybridized carbons (Fsp3) is 0.867. The van der Waals surface area contributed by atoms with Crippen LogP contribution in [0.4, 0.5) is 0 Å². The smallest absolute Gasteiger partial charge is 0.310 e. The van der Waals surface area contributed by atoms with Crippen molar-refractivity contribution in [2.24, 2.45) is 17.8 Å². The first-order valence-electron chi connectivity index (χ1n) is 7.61. The number of ether oxygens (including phenoxy) is 1. The quantitative estimate of drug-likeness (QED) is 0.765. The normalized spacial score (nSPS) is 26.7. The monoisotopic (exact) mass is 282 g/mol. The summed E-state index contributed by atoms with van der Waals surface area (Å²) < 4.78 is 4.86. The van der Waals surface area contributed by atoms with Gasteiger partial charge in [0.25, 0.3) is 0 Å². The third kappa shape index (κ3) is 3.95. The predicted molar refractivity (Wildman–Crippen MR) is 76.1 cm³/mol. The topological polar surface area (TPSA) is 58.6 Å². The summed E-state index contributed by atoms with van der Waals surface area (Å²) in [6.07, 6.45) is 3.37. The van der Waals surface area contributed by atoms with Crippen LogP contribution in [0.25, 0.3) is 0 Å². The average Bonchev–Trinajstić information content (AvgIpc) is 3.27. The summed E-state index contributed by atoms with van der Waals surface area (Å²) >= 11 is 0. The Morgan fingerprint density at radius 2 is 2.00 bits per heavy atom. The van der Waals surface area contributed by atoms with Crippen LogP contribution in [0.3, 0.4) is 0 Å². The lowest BCUT2D eigenvalue weighted by Crippen LogP contribution is -2.54. The number of nitrogens with zero attached hydrogens (tertiary/aromatic N) is 1. The zero-order valence-corrected chi connectivity index (χ0v) is 12.7. The summed E-state index contributed by atoms with van der Waals surface area (Å²) in [6, 6.07) is 0.205. The molecule has 5 nitrogen and oxygen atoms in total. The van der Waals surface area contributed by atoms with Crippen molar-refractivity contribution in [1.29, 1.82) is 0 Å². The van der Waals surface area contributed by atoms with Gasteiger partial charge in [0, 0.05) is 25.0 Å². The molecule has 1 aliphatic heterocycles. The van der Waals surface area contributed by atoms with Gasteiger partial charge in [0.05, 0.1) is 13.0 Å². The number of amides is 1. The van der Waals surface area contributed by atoms with Crippen LogP contribution in [0.2, 0.25) is 0 Å². The van der Waals surface area contributed by atoms with Gasteiger partial charge in [0.2, 0.25) is 5.91 Å². The minimum absolute atomic E-state index is 0.0320. The molecule has 2 atom stereocenters. The Morgan fingerprint density at radius 1 is 1.30 bits per heavy atom. The molecule has 20 heavy (non-hydrogen) atoms. The Balaban J connectivity index is 1.96. The molecule has 1 amide bonds. The third-order valence-corrected chi connectivity index (χ3v) is 4.18. The summed E-state index contributed by atoms with van der Waals surface area (Å²) in [5, 5.41) is 3.51. The van der Waals surface area contributed by atoms with Gasteiger partial charge >= 0.3 is 5.97 Å². The third-order valence-electron chi connectivity index (χ3n) is 4.18. The molecular formula is C15H26N2O3. The van der Waals surface area contributed by atoms with Gasteiger partial charge in [-0.1, -0.05) is 13.8 Å². The number of carbonyl (C=O) groups is 2. The van der Waals surface area contributed by atoms with E-state index in [1.807, 2.05) is 18.7 Å². The fourth-order valence-electron chi connectivity index (χ4n) is 2.78. The van der Waals surface area contributed by atoms with Gasteiger partial charge in [-0.05, 0) is 31.7 Å². The lowest BCUT2D eigenvalue weighted by Gasteiger charge is -2.38. The summed E-state index contributed by atoms with van der Waals surface area (Å²) in [4.78, 5) is 25.8. The fourth-order valence-corrected chi connectivity index (χ4v) is 2.78. The van der Waals surface area contributed by atoms with Crippen molar-refractivity contribution in [2.75, 3.05) is 26.7 Å². The second-order valence-corrected chi connectivity index (χ2v) is 6.40. The molecule has 0 spiro atoms. The van der Waals surface area contributed by atoms with E-state index >= 15 is 0 Å². The van der Waals surface area contributed by atoms with Crippen LogP contribution >= 0.6 is 0 Å². The highest BCUT2D eigenvalue weighted by atomic mass is 16.5. The minimum atomic E-state index is -0.204. The molecule has 0 aromatic carbocycles. The summed E-state index contributed by atoms with van der Waals surface area (Å²) in [6.45, 7) is 6.00. The van der Waals surface area contributed by atoms with E-state index in [2.05, 4.69) is 5.32 Å². The van der Waals surface area contributed by atoms with Gasteiger partial charge in [-0.3, -0.25) is 9.59 Å². The Labute approximate surface area is 121 Å². The maximum absolute atomic E-state index is 12.2. The Bertz CT molecular complexity index is 366. The standard InChI is InChI=1S/C15H26N2O3/c1-10(2)14(18)17-8-12(15(19)20-3)6-13(9-17)16-7-11-4-5-11/h10-13,16H,4-9H2,1-3H3. The highest BCUT2D eigenvalue weighted by Crippen LogP contribution is 2.28. The summed E-state index contributed by atoms with van der Waals surface area (Å²) in [5.74, 6) is 0.479. The summed E-state index contributed by atoms with van der Waals surface area (Å²) in [7, 11) is 1.41. The Kier molecular flexibility index (Phi) is 5.02. The zero-order valence-electron chi connectivity index (χ0n) is 12.7. The lowest BCUT2D eigenvalue weighted by molar-refractivity contribution is -0.150. The van der Waals surface area contributed by atoms with Crippen LogP contribution in [-0.4, -0.2) is 49.6 Å². The number of piperidine rings is 1. The molecular weight excluding hydrogens is 256 g/mol. The molecule has 2 unspecified atom stereocenters. The van der Waals surface area contributed by atoms with E-state index in [1.54, 1.807) is 0 Å². The van der Waals surface area contributed by atoms with E-state index in [0.717, 1.165) is 18.9 Å². The number of rotatable bonds is 5. The molecule has 5 heteroatoms. The molecule has 1 saturated carbocycles. The van der Waals surface area contributed by atoms with Gasteiger partial charge in [0.15, 0.2) is 0 Å². The van der Waals surface area contributed by atoms with Gasteiger partial charge in [-0.15, -0.1) is 0 Å². The van der Waals surface area contributed by atoms with E-state index in [4.69, 9.17) is 4.74 Å². The molecule has 0 radical (unpaired) electrons. The molecule has 114 valence electrons. The number of esters is 1. The van der Waals surface area contributed by atoms with Crippen molar-refractivity contribution in [3.63, 3.8) is 0 Å². The van der Waals surface area contributed by atoms with Crippen LogP contribution < -0.4 is 5.32 Å². The highest BCUT2D eigenvalue weighted by molar-refractivity contribution is 5.80. The Morgan fingerprint density at radius 3 is 2.55 bits per heavy atom. The number of carbonyl (C=O) groups excluding carboxylic acids is 2. The molecule has 1 aliphatic carbocycles. The van der Waals surface area contributed by atoms with Crippen LogP contribution in [0, 0.1) is 17.8 Å². The van der Waals surface area contributed by atoms with Crippen molar-refractivity contribution >= 4 is 11.9 Å². The molecule has 2 aliphatic rings. The Hall–Kier alpha value is -1.10. The minimum Gasteiger partial charge on any atom is -0.469 e. The van der Waals surface area contributed by atoms with E-state index in [1.165, 1.54) is 20.0 Å². The first-order chi connectivity index (χ1) is 9.51. The lowest BCUT2D eigenvalue weighted by atomic mass is 9.93. The van der Waals surface area contributed by atoms with Gasteiger partial charge in [-0.25, -0.2) is 0 Å².